The summed E-state index contributed by atoms with van der Waals surface area (Å²) in [5, 5.41) is 9.43. The van der Waals surface area contributed by atoms with E-state index in [1.54, 1.807) is 30.3 Å². The molecule has 2 aromatic rings. The number of carbonyl (C=O) groups excluding carboxylic acids is 2. The summed E-state index contributed by atoms with van der Waals surface area (Å²) in [6, 6.07) is 12.1. The third kappa shape index (κ3) is 3.53. The van der Waals surface area contributed by atoms with Crippen LogP contribution >= 0.6 is 11.8 Å². The Morgan fingerprint density at radius 2 is 2.00 bits per heavy atom. The predicted octanol–water partition coefficient (Wildman–Crippen LogP) is 4.34. The number of hydrogen-bond acceptors (Lipinski definition) is 5. The fourth-order valence-electron chi connectivity index (χ4n) is 2.50. The summed E-state index contributed by atoms with van der Waals surface area (Å²) in [6.07, 6.45) is 1.63. The van der Waals surface area contributed by atoms with Gasteiger partial charge in [0.15, 0.2) is 11.5 Å². The molecule has 0 radical (unpaired) electrons. The topological polar surface area (TPSA) is 66.8 Å². The van der Waals surface area contributed by atoms with Crippen LogP contribution in [0.4, 0.5) is 10.5 Å². The van der Waals surface area contributed by atoms with E-state index in [-0.39, 0.29) is 16.9 Å². The lowest BCUT2D eigenvalue weighted by Gasteiger charge is -2.12. The first-order valence-electron chi connectivity index (χ1n) is 7.80. The molecule has 1 heterocycles. The lowest BCUT2D eigenvalue weighted by Crippen LogP contribution is -2.27. The number of hydrogen-bond donors (Lipinski definition) is 1. The zero-order valence-corrected chi connectivity index (χ0v) is 14.7. The van der Waals surface area contributed by atoms with Crippen molar-refractivity contribution in [3.63, 3.8) is 0 Å². The van der Waals surface area contributed by atoms with Crippen LogP contribution in [0.1, 0.15) is 18.1 Å². The molecule has 0 unspecified atom stereocenters. The zero-order chi connectivity index (χ0) is 18.0. The van der Waals surface area contributed by atoms with E-state index in [2.05, 4.69) is 0 Å². The van der Waals surface area contributed by atoms with Crippen molar-refractivity contribution in [1.82, 2.24) is 0 Å². The first kappa shape index (κ1) is 17.1. The van der Waals surface area contributed by atoms with E-state index < -0.39 is 0 Å². The molecule has 0 bridgehead atoms. The molecule has 0 spiro atoms. The van der Waals surface area contributed by atoms with Crippen molar-refractivity contribution < 1.29 is 19.4 Å². The highest BCUT2D eigenvalue weighted by molar-refractivity contribution is 8.19. The SMILES string of the molecule is CCOc1cc(/C=C2\SC(=O)N(c3cccc(C)c3)C2=O)ccc1O. The van der Waals surface area contributed by atoms with Gasteiger partial charge in [-0.05, 0) is 67.1 Å². The van der Waals surface area contributed by atoms with E-state index in [0.717, 1.165) is 17.3 Å². The van der Waals surface area contributed by atoms with Gasteiger partial charge in [-0.3, -0.25) is 9.59 Å². The summed E-state index contributed by atoms with van der Waals surface area (Å²) >= 11 is 0.896. The fraction of sp³-hybridized carbons (Fsp3) is 0.158. The van der Waals surface area contributed by atoms with Gasteiger partial charge in [0.2, 0.25) is 0 Å². The molecule has 0 aliphatic carbocycles. The van der Waals surface area contributed by atoms with Gasteiger partial charge in [0.1, 0.15) is 0 Å². The van der Waals surface area contributed by atoms with E-state index in [1.165, 1.54) is 11.0 Å². The minimum Gasteiger partial charge on any atom is -0.504 e. The van der Waals surface area contributed by atoms with Crippen molar-refractivity contribution in [2.75, 3.05) is 11.5 Å². The second-order valence-corrected chi connectivity index (χ2v) is 6.51. The number of anilines is 1. The summed E-state index contributed by atoms with van der Waals surface area (Å²) in [6.45, 7) is 4.14. The number of aromatic hydroxyl groups is 1. The number of carbonyl (C=O) groups is 2. The highest BCUT2D eigenvalue weighted by atomic mass is 32.2. The maximum Gasteiger partial charge on any atom is 0.298 e. The molecule has 1 saturated heterocycles. The maximum absolute atomic E-state index is 12.6. The van der Waals surface area contributed by atoms with Crippen LogP contribution in [-0.2, 0) is 4.79 Å². The van der Waals surface area contributed by atoms with Crippen molar-refractivity contribution in [3.05, 3.63) is 58.5 Å². The Labute approximate surface area is 149 Å². The monoisotopic (exact) mass is 355 g/mol. The average molecular weight is 355 g/mol. The predicted molar refractivity (Wildman–Crippen MR) is 98.9 cm³/mol. The van der Waals surface area contributed by atoms with Gasteiger partial charge in [-0.25, -0.2) is 4.90 Å². The molecular formula is C19H17NO4S. The van der Waals surface area contributed by atoms with Crippen molar-refractivity contribution in [3.8, 4) is 11.5 Å². The molecule has 0 aromatic heterocycles. The van der Waals surface area contributed by atoms with Crippen molar-refractivity contribution in [1.29, 1.82) is 0 Å². The average Bonchev–Trinajstić information content (AvgIpc) is 2.85. The third-order valence-corrected chi connectivity index (χ3v) is 4.50. The molecule has 0 atom stereocenters. The van der Waals surface area contributed by atoms with Crippen LogP contribution in [0.5, 0.6) is 11.5 Å². The van der Waals surface area contributed by atoms with Crippen molar-refractivity contribution >= 4 is 34.7 Å². The lowest BCUT2D eigenvalue weighted by molar-refractivity contribution is -0.113. The molecule has 1 aliphatic rings. The summed E-state index contributed by atoms with van der Waals surface area (Å²) in [5.74, 6) is 0.0210. The van der Waals surface area contributed by atoms with Crippen molar-refractivity contribution in [2.45, 2.75) is 13.8 Å². The molecule has 3 rings (SSSR count). The normalized spacial score (nSPS) is 15.9. The molecule has 25 heavy (non-hydrogen) atoms. The van der Waals surface area contributed by atoms with Gasteiger partial charge in [0.25, 0.3) is 11.1 Å². The van der Waals surface area contributed by atoms with Gasteiger partial charge in [0, 0.05) is 0 Å². The van der Waals surface area contributed by atoms with Gasteiger partial charge in [-0.1, -0.05) is 18.2 Å². The Bertz CT molecular complexity index is 875. The molecular weight excluding hydrogens is 338 g/mol. The second kappa shape index (κ2) is 7.03. The smallest absolute Gasteiger partial charge is 0.298 e. The summed E-state index contributed by atoms with van der Waals surface area (Å²) in [4.78, 5) is 26.4. The number of imide groups is 1. The van der Waals surface area contributed by atoms with Gasteiger partial charge >= 0.3 is 0 Å². The van der Waals surface area contributed by atoms with E-state index in [1.807, 2.05) is 26.0 Å². The molecule has 6 heteroatoms. The van der Waals surface area contributed by atoms with Crippen LogP contribution in [0.3, 0.4) is 0 Å². The van der Waals surface area contributed by atoms with Crippen LogP contribution in [0.2, 0.25) is 0 Å². The van der Waals surface area contributed by atoms with E-state index in [4.69, 9.17) is 4.74 Å². The number of rotatable bonds is 4. The van der Waals surface area contributed by atoms with Crippen LogP contribution in [0.15, 0.2) is 47.4 Å². The Kier molecular flexibility index (Phi) is 4.81. The van der Waals surface area contributed by atoms with Gasteiger partial charge in [-0.15, -0.1) is 0 Å². The summed E-state index contributed by atoms with van der Waals surface area (Å²) in [7, 11) is 0. The Morgan fingerprint density at radius 3 is 2.72 bits per heavy atom. The first-order chi connectivity index (χ1) is 12.0. The van der Waals surface area contributed by atoms with Crippen LogP contribution in [0.25, 0.3) is 6.08 Å². The summed E-state index contributed by atoms with van der Waals surface area (Å²) in [5.41, 5.74) is 2.21. The molecule has 5 nitrogen and oxygen atoms in total. The lowest BCUT2D eigenvalue weighted by atomic mass is 10.1. The molecule has 1 aliphatic heterocycles. The maximum atomic E-state index is 12.6. The zero-order valence-electron chi connectivity index (χ0n) is 13.9. The number of phenols is 1. The number of ether oxygens (including phenoxy) is 1. The molecule has 0 saturated carbocycles. The number of phenolic OH excluding ortho intramolecular Hbond substituents is 1. The Morgan fingerprint density at radius 1 is 1.20 bits per heavy atom. The first-order valence-corrected chi connectivity index (χ1v) is 8.61. The molecule has 2 amide bonds. The molecule has 2 aromatic carbocycles. The van der Waals surface area contributed by atoms with Gasteiger partial charge < -0.3 is 9.84 Å². The van der Waals surface area contributed by atoms with E-state index in [9.17, 15) is 14.7 Å². The molecule has 128 valence electrons. The number of benzene rings is 2. The standard InChI is InChI=1S/C19H17NO4S/c1-3-24-16-10-13(7-8-15(16)21)11-17-18(22)20(19(23)25-17)14-6-4-5-12(2)9-14/h4-11,21H,3H2,1-2H3/b17-11-. The highest BCUT2D eigenvalue weighted by Gasteiger charge is 2.36. The van der Waals surface area contributed by atoms with Crippen LogP contribution < -0.4 is 9.64 Å². The minimum absolute atomic E-state index is 0.0341. The molecule has 1 N–H and O–H groups in total. The number of thioether (sulfide) groups is 1. The number of aryl methyl sites for hydroxylation is 1. The fourth-order valence-corrected chi connectivity index (χ4v) is 3.34. The van der Waals surface area contributed by atoms with Gasteiger partial charge in [0.05, 0.1) is 17.2 Å². The summed E-state index contributed by atoms with van der Waals surface area (Å²) < 4.78 is 5.35. The van der Waals surface area contributed by atoms with Crippen molar-refractivity contribution in [2.24, 2.45) is 0 Å². The second-order valence-electron chi connectivity index (χ2n) is 5.52. The highest BCUT2D eigenvalue weighted by Crippen LogP contribution is 2.37. The quantitative estimate of drug-likeness (QED) is 0.827. The van der Waals surface area contributed by atoms with Gasteiger partial charge in [-0.2, -0.15) is 0 Å². The number of nitrogens with zero attached hydrogens (tertiary/aromatic N) is 1. The third-order valence-electron chi connectivity index (χ3n) is 3.64. The Balaban J connectivity index is 1.92. The van der Waals surface area contributed by atoms with E-state index >= 15 is 0 Å². The number of amides is 2. The largest absolute Gasteiger partial charge is 0.504 e. The minimum atomic E-state index is -0.355. The van der Waals surface area contributed by atoms with E-state index in [0.29, 0.717) is 28.5 Å². The van der Waals surface area contributed by atoms with Crippen LogP contribution in [0, 0.1) is 6.92 Å². The van der Waals surface area contributed by atoms with Crippen LogP contribution in [-0.4, -0.2) is 22.9 Å². The molecule has 1 fully saturated rings. The Hall–Kier alpha value is -2.73.